The fraction of sp³-hybridized carbons (Fsp3) is 0.250. The molecule has 0 bridgehead atoms. The molecule has 1 N–H and O–H groups in total. The maximum Gasteiger partial charge on any atom is 0.301 e. The molecule has 1 fully saturated rings. The number of rotatable bonds is 6. The van der Waals surface area contributed by atoms with Crippen molar-refractivity contribution in [2.45, 2.75) is 39.2 Å². The summed E-state index contributed by atoms with van der Waals surface area (Å²) in [5, 5.41) is 15.2. The van der Waals surface area contributed by atoms with E-state index < -0.39 is 17.7 Å². The Morgan fingerprint density at radius 2 is 1.80 bits per heavy atom. The van der Waals surface area contributed by atoms with Crippen LogP contribution < -0.4 is 9.64 Å². The van der Waals surface area contributed by atoms with Crippen LogP contribution in [-0.2, 0) is 15.0 Å². The summed E-state index contributed by atoms with van der Waals surface area (Å²) >= 11 is 0. The Balaban J connectivity index is 1.84. The standard InChI is InChI=1S/C28H28N2O5/c1-6-15-34-21-13-9-19(10-14-21)25(31)23-24(18-7-11-20(12-8-18)28(3,4)5)30(27(33)26(23)32)22-16-17(2)35-29-22/h6-14,16,24,31H,1,15H2,2-5H3. The fourth-order valence-electron chi connectivity index (χ4n) is 4.04. The number of aliphatic hydroxyl groups is 1. The van der Waals surface area contributed by atoms with Crippen LogP contribution in [0.1, 0.15) is 49.3 Å². The van der Waals surface area contributed by atoms with Crippen LogP contribution >= 0.6 is 0 Å². The molecule has 3 aromatic rings. The van der Waals surface area contributed by atoms with Crippen molar-refractivity contribution >= 4 is 23.3 Å². The van der Waals surface area contributed by atoms with Crippen LogP contribution in [0.25, 0.3) is 5.76 Å². The van der Waals surface area contributed by atoms with Crippen molar-refractivity contribution in [2.75, 3.05) is 11.5 Å². The maximum absolute atomic E-state index is 13.2. The molecule has 1 aliphatic rings. The van der Waals surface area contributed by atoms with Crippen molar-refractivity contribution in [2.24, 2.45) is 0 Å². The SMILES string of the molecule is C=CCOc1ccc(C(O)=C2C(=O)C(=O)N(c3cc(C)on3)C2c2ccc(C(C)(C)C)cc2)cc1. The second-order valence-corrected chi connectivity index (χ2v) is 9.46. The zero-order chi connectivity index (χ0) is 25.3. The molecule has 7 heteroatoms. The first-order valence-electron chi connectivity index (χ1n) is 11.3. The minimum absolute atomic E-state index is 0.0149. The van der Waals surface area contributed by atoms with Gasteiger partial charge in [-0.25, -0.2) is 0 Å². The van der Waals surface area contributed by atoms with Gasteiger partial charge in [-0.05, 0) is 47.7 Å². The van der Waals surface area contributed by atoms with Crippen molar-refractivity contribution in [1.82, 2.24) is 5.16 Å². The number of ether oxygens (including phenoxy) is 1. The number of hydrogen-bond donors (Lipinski definition) is 1. The molecule has 2 aromatic carbocycles. The van der Waals surface area contributed by atoms with Crippen LogP contribution in [0.4, 0.5) is 5.82 Å². The molecule has 1 aromatic heterocycles. The molecule has 1 saturated heterocycles. The minimum atomic E-state index is -0.870. The van der Waals surface area contributed by atoms with E-state index in [1.165, 1.54) is 4.90 Å². The Bertz CT molecular complexity index is 1290. The van der Waals surface area contributed by atoms with Crippen LogP contribution in [0.2, 0.25) is 0 Å². The second-order valence-electron chi connectivity index (χ2n) is 9.46. The van der Waals surface area contributed by atoms with Crippen molar-refractivity contribution < 1.29 is 24.0 Å². The van der Waals surface area contributed by atoms with E-state index in [1.807, 2.05) is 24.3 Å². The molecular weight excluding hydrogens is 444 g/mol. The predicted octanol–water partition coefficient (Wildman–Crippen LogP) is 5.47. The Morgan fingerprint density at radius 1 is 1.14 bits per heavy atom. The summed E-state index contributed by atoms with van der Waals surface area (Å²) in [5.74, 6) is -0.545. The smallest absolute Gasteiger partial charge is 0.301 e. The third-order valence-corrected chi connectivity index (χ3v) is 5.89. The van der Waals surface area contributed by atoms with E-state index in [0.29, 0.717) is 29.2 Å². The molecule has 2 heterocycles. The Kier molecular flexibility index (Phi) is 6.35. The molecule has 4 rings (SSSR count). The lowest BCUT2D eigenvalue weighted by atomic mass is 9.85. The van der Waals surface area contributed by atoms with Gasteiger partial charge < -0.3 is 14.4 Å². The number of Topliss-reactive ketones (excluding diaryl/α,β-unsaturated/α-hetero) is 1. The van der Waals surface area contributed by atoms with Crippen molar-refractivity contribution in [3.8, 4) is 5.75 Å². The van der Waals surface area contributed by atoms with Gasteiger partial charge in [-0.15, -0.1) is 0 Å². The number of amides is 1. The first-order chi connectivity index (χ1) is 16.6. The van der Waals surface area contributed by atoms with Gasteiger partial charge in [-0.1, -0.05) is 62.8 Å². The Morgan fingerprint density at radius 3 is 2.34 bits per heavy atom. The van der Waals surface area contributed by atoms with E-state index in [-0.39, 0.29) is 22.6 Å². The van der Waals surface area contributed by atoms with Crippen LogP contribution in [-0.4, -0.2) is 28.6 Å². The summed E-state index contributed by atoms with van der Waals surface area (Å²) in [5.41, 5.74) is 2.08. The topological polar surface area (TPSA) is 92.9 Å². The monoisotopic (exact) mass is 472 g/mol. The quantitative estimate of drug-likeness (QED) is 0.221. The first-order valence-corrected chi connectivity index (χ1v) is 11.3. The van der Waals surface area contributed by atoms with Gasteiger partial charge in [0, 0.05) is 11.6 Å². The van der Waals surface area contributed by atoms with Gasteiger partial charge in [0.15, 0.2) is 5.82 Å². The number of aryl methyl sites for hydroxylation is 1. The normalized spacial score (nSPS) is 17.6. The predicted molar refractivity (Wildman–Crippen MR) is 133 cm³/mol. The maximum atomic E-state index is 13.2. The van der Waals surface area contributed by atoms with Crippen LogP contribution in [0, 0.1) is 6.92 Å². The van der Waals surface area contributed by atoms with E-state index >= 15 is 0 Å². The molecule has 0 spiro atoms. The number of hydrogen-bond acceptors (Lipinski definition) is 6. The van der Waals surface area contributed by atoms with Crippen LogP contribution in [0.15, 0.2) is 77.3 Å². The first kappa shape index (κ1) is 24.0. The van der Waals surface area contributed by atoms with E-state index in [0.717, 1.165) is 5.56 Å². The number of benzene rings is 2. The number of carbonyl (C=O) groups is 2. The highest BCUT2D eigenvalue weighted by Crippen LogP contribution is 2.42. The molecule has 7 nitrogen and oxygen atoms in total. The molecule has 1 unspecified atom stereocenters. The number of carbonyl (C=O) groups excluding carboxylic acids is 2. The molecule has 1 amide bonds. The number of nitrogens with zero attached hydrogens (tertiary/aromatic N) is 2. The number of aliphatic hydroxyl groups excluding tert-OH is 1. The van der Waals surface area contributed by atoms with Gasteiger partial charge in [-0.3, -0.25) is 14.5 Å². The largest absolute Gasteiger partial charge is 0.507 e. The average Bonchev–Trinajstić information content (AvgIpc) is 3.37. The summed E-state index contributed by atoms with van der Waals surface area (Å²) in [6.45, 7) is 12.0. The van der Waals surface area contributed by atoms with Crippen molar-refractivity contribution in [3.05, 3.63) is 95.3 Å². The summed E-state index contributed by atoms with van der Waals surface area (Å²) in [6, 6.07) is 15.0. The molecule has 180 valence electrons. The highest BCUT2D eigenvalue weighted by atomic mass is 16.5. The van der Waals surface area contributed by atoms with Gasteiger partial charge in [-0.2, -0.15) is 0 Å². The van der Waals surface area contributed by atoms with Crippen molar-refractivity contribution in [1.29, 1.82) is 0 Å². The zero-order valence-electron chi connectivity index (χ0n) is 20.2. The third kappa shape index (κ3) is 4.62. The summed E-state index contributed by atoms with van der Waals surface area (Å²) in [6.07, 6.45) is 1.63. The van der Waals surface area contributed by atoms with Gasteiger partial charge in [0.05, 0.1) is 11.6 Å². The van der Waals surface area contributed by atoms with Crippen LogP contribution in [0.5, 0.6) is 5.75 Å². The van der Waals surface area contributed by atoms with Gasteiger partial charge in [0.1, 0.15) is 23.9 Å². The summed E-state index contributed by atoms with van der Waals surface area (Å²) in [7, 11) is 0. The summed E-state index contributed by atoms with van der Waals surface area (Å²) in [4.78, 5) is 27.7. The molecular formula is C28H28N2O5. The highest BCUT2D eigenvalue weighted by molar-refractivity contribution is 6.51. The molecule has 35 heavy (non-hydrogen) atoms. The van der Waals surface area contributed by atoms with Crippen LogP contribution in [0.3, 0.4) is 0 Å². The van der Waals surface area contributed by atoms with Crippen molar-refractivity contribution in [3.63, 3.8) is 0 Å². The van der Waals surface area contributed by atoms with E-state index in [4.69, 9.17) is 9.26 Å². The highest BCUT2D eigenvalue weighted by Gasteiger charge is 2.48. The average molecular weight is 473 g/mol. The fourth-order valence-corrected chi connectivity index (χ4v) is 4.04. The molecule has 1 atom stereocenters. The van der Waals surface area contributed by atoms with Gasteiger partial charge in [0.25, 0.3) is 5.78 Å². The second kappa shape index (κ2) is 9.25. The molecule has 0 radical (unpaired) electrons. The zero-order valence-corrected chi connectivity index (χ0v) is 20.2. The number of anilines is 1. The molecule has 1 aliphatic heterocycles. The lowest BCUT2D eigenvalue weighted by Crippen LogP contribution is -2.29. The Hall–Kier alpha value is -4.13. The number of ketones is 1. The molecule has 0 aliphatic carbocycles. The van der Waals surface area contributed by atoms with E-state index in [2.05, 4.69) is 32.5 Å². The molecule has 0 saturated carbocycles. The van der Waals surface area contributed by atoms with E-state index in [1.54, 1.807) is 43.3 Å². The minimum Gasteiger partial charge on any atom is -0.507 e. The lowest BCUT2D eigenvalue weighted by molar-refractivity contribution is -0.132. The van der Waals surface area contributed by atoms with E-state index in [9.17, 15) is 14.7 Å². The lowest BCUT2D eigenvalue weighted by Gasteiger charge is -2.24. The van der Waals surface area contributed by atoms with Gasteiger partial charge >= 0.3 is 5.91 Å². The Labute approximate surface area is 204 Å². The number of aromatic nitrogens is 1. The summed E-state index contributed by atoms with van der Waals surface area (Å²) < 4.78 is 10.7. The third-order valence-electron chi connectivity index (χ3n) is 5.89. The van der Waals surface area contributed by atoms with Gasteiger partial charge in [0.2, 0.25) is 0 Å².